The van der Waals surface area contributed by atoms with Crippen LogP contribution in [-0.4, -0.2) is 6.61 Å². The second-order valence-electron chi connectivity index (χ2n) is 7.37. The van der Waals surface area contributed by atoms with Crippen LogP contribution in [0.4, 0.5) is 0 Å². The van der Waals surface area contributed by atoms with E-state index < -0.39 is 0 Å². The van der Waals surface area contributed by atoms with Gasteiger partial charge in [0.25, 0.3) is 0 Å². The molecule has 0 radical (unpaired) electrons. The molecule has 4 aromatic rings. The SMILES string of the molecule is CCOc1cc(/C=C(/C#N)c2cccc3ccccc23)cc(I)c1OCc1ccc(Cl)cc1. The molecule has 3 nitrogen and oxygen atoms in total. The predicted octanol–water partition coefficient (Wildman–Crippen LogP) is 8.14. The van der Waals surface area contributed by atoms with Crippen molar-refractivity contribution in [3.8, 4) is 17.6 Å². The van der Waals surface area contributed by atoms with Crippen LogP contribution in [0.25, 0.3) is 22.4 Å². The summed E-state index contributed by atoms with van der Waals surface area (Å²) in [4.78, 5) is 0. The molecule has 0 aromatic heterocycles. The standard InChI is InChI=1S/C28H21ClINO2/c1-2-32-27-16-20(15-26(30)28(27)33-18-19-10-12-23(29)13-11-19)14-22(17-31)25-9-5-7-21-6-3-4-8-24(21)25/h3-16H,2,18H2,1H3/b22-14-. The number of nitrogens with zero attached hydrogens (tertiary/aromatic N) is 1. The van der Waals surface area contributed by atoms with E-state index >= 15 is 0 Å². The Morgan fingerprint density at radius 1 is 1.00 bits per heavy atom. The number of hydrogen-bond donors (Lipinski definition) is 0. The molecule has 0 N–H and O–H groups in total. The fourth-order valence-corrected chi connectivity index (χ4v) is 4.51. The normalized spacial score (nSPS) is 11.3. The van der Waals surface area contributed by atoms with Gasteiger partial charge in [-0.05, 0) is 81.8 Å². The molecule has 164 valence electrons. The van der Waals surface area contributed by atoms with E-state index in [1.807, 2.05) is 79.7 Å². The number of halogens is 2. The summed E-state index contributed by atoms with van der Waals surface area (Å²) in [6.07, 6.45) is 1.90. The van der Waals surface area contributed by atoms with Crippen molar-refractivity contribution in [2.45, 2.75) is 13.5 Å². The van der Waals surface area contributed by atoms with Crippen molar-refractivity contribution in [1.82, 2.24) is 0 Å². The number of rotatable bonds is 7. The van der Waals surface area contributed by atoms with E-state index in [9.17, 15) is 5.26 Å². The third kappa shape index (κ3) is 5.50. The number of benzene rings is 4. The zero-order valence-corrected chi connectivity index (χ0v) is 20.9. The van der Waals surface area contributed by atoms with E-state index in [2.05, 4.69) is 40.8 Å². The van der Waals surface area contributed by atoms with Gasteiger partial charge >= 0.3 is 0 Å². The Balaban J connectivity index is 1.69. The topological polar surface area (TPSA) is 42.2 Å². The second-order valence-corrected chi connectivity index (χ2v) is 8.97. The first-order valence-electron chi connectivity index (χ1n) is 10.5. The third-order valence-corrected chi connectivity index (χ3v) is 6.19. The Morgan fingerprint density at radius 3 is 2.52 bits per heavy atom. The third-order valence-electron chi connectivity index (χ3n) is 5.14. The summed E-state index contributed by atoms with van der Waals surface area (Å²) >= 11 is 8.23. The minimum atomic E-state index is 0.405. The van der Waals surface area contributed by atoms with Crippen LogP contribution in [0.3, 0.4) is 0 Å². The zero-order chi connectivity index (χ0) is 23.2. The number of allylic oxidation sites excluding steroid dienone is 1. The maximum absolute atomic E-state index is 9.94. The maximum Gasteiger partial charge on any atom is 0.175 e. The van der Waals surface area contributed by atoms with Crippen LogP contribution in [0.2, 0.25) is 5.02 Å². The van der Waals surface area contributed by atoms with Crippen LogP contribution in [0, 0.1) is 14.9 Å². The largest absolute Gasteiger partial charge is 0.490 e. The minimum Gasteiger partial charge on any atom is -0.490 e. The highest BCUT2D eigenvalue weighted by Gasteiger charge is 2.14. The fourth-order valence-electron chi connectivity index (χ4n) is 3.61. The molecule has 0 spiro atoms. The highest BCUT2D eigenvalue weighted by molar-refractivity contribution is 14.1. The summed E-state index contributed by atoms with van der Waals surface area (Å²) in [5, 5.41) is 12.8. The molecule has 4 rings (SSSR count). The molecule has 0 atom stereocenters. The van der Waals surface area contributed by atoms with Crippen molar-refractivity contribution in [3.05, 3.63) is 104 Å². The molecule has 4 aromatic carbocycles. The lowest BCUT2D eigenvalue weighted by Gasteiger charge is -2.15. The molecule has 0 fully saturated rings. The Hall–Kier alpha value is -3.01. The average Bonchev–Trinajstić information content (AvgIpc) is 2.83. The van der Waals surface area contributed by atoms with E-state index in [1.54, 1.807) is 0 Å². The lowest BCUT2D eigenvalue weighted by atomic mass is 9.97. The molecule has 0 amide bonds. The summed E-state index contributed by atoms with van der Waals surface area (Å²) in [5.41, 5.74) is 3.40. The molecule has 0 saturated carbocycles. The van der Waals surface area contributed by atoms with Crippen molar-refractivity contribution in [2.75, 3.05) is 6.61 Å². The quantitative estimate of drug-likeness (QED) is 0.129. The Kier molecular flexibility index (Phi) is 7.54. The van der Waals surface area contributed by atoms with Crippen molar-refractivity contribution in [1.29, 1.82) is 5.26 Å². The summed E-state index contributed by atoms with van der Waals surface area (Å²) in [6, 6.07) is 28.0. The molecule has 0 heterocycles. The van der Waals surface area contributed by atoms with Gasteiger partial charge in [0.15, 0.2) is 11.5 Å². The molecule has 0 aliphatic heterocycles. The zero-order valence-electron chi connectivity index (χ0n) is 18.0. The van der Waals surface area contributed by atoms with Crippen LogP contribution >= 0.6 is 34.2 Å². The van der Waals surface area contributed by atoms with E-state index in [0.717, 1.165) is 31.0 Å². The number of hydrogen-bond acceptors (Lipinski definition) is 3. The lowest BCUT2D eigenvalue weighted by Crippen LogP contribution is -2.02. The Morgan fingerprint density at radius 2 is 1.76 bits per heavy atom. The first kappa shape index (κ1) is 23.2. The molecular formula is C28H21ClINO2. The molecule has 0 unspecified atom stereocenters. The van der Waals surface area contributed by atoms with Crippen LogP contribution in [0.15, 0.2) is 78.9 Å². The van der Waals surface area contributed by atoms with Gasteiger partial charge in [-0.1, -0.05) is 66.2 Å². The summed E-state index contributed by atoms with van der Waals surface area (Å²) in [5.74, 6) is 1.34. The van der Waals surface area contributed by atoms with Gasteiger partial charge < -0.3 is 9.47 Å². The van der Waals surface area contributed by atoms with Gasteiger partial charge in [0.1, 0.15) is 6.61 Å². The summed E-state index contributed by atoms with van der Waals surface area (Å²) < 4.78 is 12.9. The summed E-state index contributed by atoms with van der Waals surface area (Å²) in [6.45, 7) is 2.85. The molecular weight excluding hydrogens is 545 g/mol. The highest BCUT2D eigenvalue weighted by Crippen LogP contribution is 2.36. The van der Waals surface area contributed by atoms with Gasteiger partial charge in [0.2, 0.25) is 0 Å². The molecule has 0 saturated heterocycles. The Bertz CT molecular complexity index is 1350. The maximum atomic E-state index is 9.94. The van der Waals surface area contributed by atoms with Crippen LogP contribution in [0.1, 0.15) is 23.6 Å². The van der Waals surface area contributed by atoms with Gasteiger partial charge in [-0.3, -0.25) is 0 Å². The van der Waals surface area contributed by atoms with Gasteiger partial charge in [-0.25, -0.2) is 0 Å². The van der Waals surface area contributed by atoms with Crippen molar-refractivity contribution in [2.24, 2.45) is 0 Å². The minimum absolute atomic E-state index is 0.405. The fraction of sp³-hybridized carbons (Fsp3) is 0.107. The molecule has 0 bridgehead atoms. The Labute approximate surface area is 212 Å². The first-order chi connectivity index (χ1) is 16.1. The van der Waals surface area contributed by atoms with Gasteiger partial charge in [-0.15, -0.1) is 0 Å². The highest BCUT2D eigenvalue weighted by atomic mass is 127. The smallest absolute Gasteiger partial charge is 0.175 e. The second kappa shape index (κ2) is 10.7. The first-order valence-corrected chi connectivity index (χ1v) is 12.0. The molecule has 33 heavy (non-hydrogen) atoms. The van der Waals surface area contributed by atoms with Gasteiger partial charge in [0, 0.05) is 10.6 Å². The van der Waals surface area contributed by atoms with E-state index in [-0.39, 0.29) is 0 Å². The van der Waals surface area contributed by atoms with Crippen LogP contribution in [0.5, 0.6) is 11.5 Å². The summed E-state index contributed by atoms with van der Waals surface area (Å²) in [7, 11) is 0. The monoisotopic (exact) mass is 565 g/mol. The van der Waals surface area contributed by atoms with Gasteiger partial charge in [-0.2, -0.15) is 5.26 Å². The van der Waals surface area contributed by atoms with Crippen LogP contribution in [-0.2, 0) is 6.61 Å². The van der Waals surface area contributed by atoms with E-state index in [0.29, 0.717) is 35.3 Å². The molecule has 0 aliphatic rings. The number of nitriles is 1. The van der Waals surface area contributed by atoms with Crippen LogP contribution < -0.4 is 9.47 Å². The number of ether oxygens (including phenoxy) is 2. The average molecular weight is 566 g/mol. The lowest BCUT2D eigenvalue weighted by molar-refractivity contribution is 0.267. The number of fused-ring (bicyclic) bond motifs is 1. The van der Waals surface area contributed by atoms with Crippen molar-refractivity contribution in [3.63, 3.8) is 0 Å². The molecule has 0 aliphatic carbocycles. The van der Waals surface area contributed by atoms with Gasteiger partial charge in [0.05, 0.1) is 21.8 Å². The predicted molar refractivity (Wildman–Crippen MR) is 144 cm³/mol. The van der Waals surface area contributed by atoms with Crippen molar-refractivity contribution < 1.29 is 9.47 Å². The van der Waals surface area contributed by atoms with E-state index in [4.69, 9.17) is 21.1 Å². The molecule has 5 heteroatoms. The van der Waals surface area contributed by atoms with Crippen molar-refractivity contribution >= 4 is 56.6 Å². The van der Waals surface area contributed by atoms with E-state index in [1.165, 1.54) is 0 Å².